The topological polar surface area (TPSA) is 98.4 Å². The van der Waals surface area contributed by atoms with E-state index in [1.165, 1.54) is 9.25 Å². The predicted octanol–water partition coefficient (Wildman–Crippen LogP) is 0.0487. The van der Waals surface area contributed by atoms with Crippen molar-refractivity contribution in [2.75, 3.05) is 13.2 Å². The van der Waals surface area contributed by atoms with Crippen LogP contribution in [0.5, 0.6) is 0 Å². The van der Waals surface area contributed by atoms with Gasteiger partial charge in [0.15, 0.2) is 0 Å². The molecular weight excluding hydrogens is 324 g/mol. The first-order valence-electron chi connectivity index (χ1n) is 9.08. The number of carbonyl (C=O) groups excluding carboxylic acids is 1. The highest BCUT2D eigenvalue weighted by Gasteiger charge is 2.45. The van der Waals surface area contributed by atoms with Gasteiger partial charge in [0.2, 0.25) is 0 Å². The third-order valence-corrected chi connectivity index (χ3v) is 5.70. The molecular formula is C17H28N4O4. The molecule has 1 aromatic heterocycles. The summed E-state index contributed by atoms with van der Waals surface area (Å²) < 4.78 is 8.52. The van der Waals surface area contributed by atoms with Gasteiger partial charge in [0.1, 0.15) is 11.4 Å². The molecule has 25 heavy (non-hydrogen) atoms. The molecule has 1 aromatic rings. The number of hydrogen-bond donors (Lipinski definition) is 2. The molecule has 2 fully saturated rings. The van der Waals surface area contributed by atoms with Crippen LogP contribution in [0.3, 0.4) is 0 Å². The molecule has 3 rings (SSSR count). The van der Waals surface area contributed by atoms with Gasteiger partial charge in [-0.05, 0) is 39.0 Å². The fourth-order valence-electron chi connectivity index (χ4n) is 4.06. The molecule has 8 nitrogen and oxygen atoms in total. The second-order valence-corrected chi connectivity index (χ2v) is 7.31. The summed E-state index contributed by atoms with van der Waals surface area (Å²) in [7, 11) is 3.33. The van der Waals surface area contributed by atoms with Gasteiger partial charge < -0.3 is 15.2 Å². The number of ether oxygens (including phenoxy) is 1. The zero-order valence-corrected chi connectivity index (χ0v) is 15.2. The minimum absolute atomic E-state index is 0.0281. The van der Waals surface area contributed by atoms with Gasteiger partial charge in [-0.25, -0.2) is 9.48 Å². The van der Waals surface area contributed by atoms with Gasteiger partial charge in [-0.15, -0.1) is 0 Å². The Morgan fingerprint density at radius 2 is 2.12 bits per heavy atom. The first kappa shape index (κ1) is 18.1. The Morgan fingerprint density at radius 3 is 2.64 bits per heavy atom. The molecule has 3 atom stereocenters. The maximum atomic E-state index is 12.5. The second kappa shape index (κ2) is 6.92. The number of nitrogens with one attached hydrogen (secondary N) is 1. The molecule has 0 aliphatic heterocycles. The van der Waals surface area contributed by atoms with Crippen LogP contribution in [0.15, 0.2) is 4.79 Å². The van der Waals surface area contributed by atoms with Crippen LogP contribution < -0.4 is 11.0 Å². The van der Waals surface area contributed by atoms with Crippen LogP contribution in [-0.4, -0.2) is 50.2 Å². The average Bonchev–Trinajstić information content (AvgIpc) is 3.03. The van der Waals surface area contributed by atoms with E-state index in [0.717, 1.165) is 19.3 Å². The number of amides is 1. The summed E-state index contributed by atoms with van der Waals surface area (Å²) in [5.41, 5.74) is -0.826. The molecule has 140 valence electrons. The van der Waals surface area contributed by atoms with Gasteiger partial charge in [0.25, 0.3) is 5.91 Å². The third kappa shape index (κ3) is 3.25. The van der Waals surface area contributed by atoms with Crippen LogP contribution in [0, 0.1) is 5.92 Å². The van der Waals surface area contributed by atoms with Gasteiger partial charge in [-0.1, -0.05) is 0 Å². The van der Waals surface area contributed by atoms with Gasteiger partial charge in [-0.3, -0.25) is 9.36 Å². The normalized spacial score (nSPS) is 27.9. The first-order chi connectivity index (χ1) is 11.9. The average molecular weight is 352 g/mol. The quantitative estimate of drug-likeness (QED) is 0.754. The van der Waals surface area contributed by atoms with E-state index in [2.05, 4.69) is 10.4 Å². The number of rotatable bonds is 6. The van der Waals surface area contributed by atoms with E-state index in [0.29, 0.717) is 31.8 Å². The highest BCUT2D eigenvalue weighted by atomic mass is 16.5. The lowest BCUT2D eigenvalue weighted by atomic mass is 9.79. The second-order valence-electron chi connectivity index (χ2n) is 7.31. The molecule has 2 saturated carbocycles. The molecule has 8 heteroatoms. The number of nitrogens with zero attached hydrogens (tertiary/aromatic N) is 3. The molecule has 2 aliphatic carbocycles. The number of hydrogen-bond acceptors (Lipinski definition) is 5. The molecule has 0 spiro atoms. The van der Waals surface area contributed by atoms with Crippen molar-refractivity contribution in [3.63, 3.8) is 0 Å². The molecule has 0 aromatic carbocycles. The smallest absolute Gasteiger partial charge is 0.345 e. The van der Waals surface area contributed by atoms with Gasteiger partial charge >= 0.3 is 5.69 Å². The van der Waals surface area contributed by atoms with Crippen molar-refractivity contribution >= 4 is 5.91 Å². The van der Waals surface area contributed by atoms with Crippen LogP contribution in [0.4, 0.5) is 0 Å². The largest absolute Gasteiger partial charge is 0.393 e. The van der Waals surface area contributed by atoms with E-state index in [1.54, 1.807) is 14.1 Å². The lowest BCUT2D eigenvalue weighted by molar-refractivity contribution is -0.159. The number of aliphatic hydroxyl groups is 1. The van der Waals surface area contributed by atoms with Crippen LogP contribution in [0.25, 0.3) is 0 Å². The summed E-state index contributed by atoms with van der Waals surface area (Å²) in [6, 6.07) is 0. The number of aryl methyl sites for hydroxylation is 1. The Labute approximate surface area is 147 Å². The Kier molecular flexibility index (Phi) is 5.02. The SMILES string of the molecule is CCOC1(C(=O)NC[C@H]2C[C@H](c3nn(C)c(=O)n3C)C[C@H]2O)CCC1. The maximum Gasteiger partial charge on any atom is 0.345 e. The molecule has 0 saturated heterocycles. The third-order valence-electron chi connectivity index (χ3n) is 5.70. The zero-order valence-electron chi connectivity index (χ0n) is 15.2. The number of aromatic nitrogens is 3. The highest BCUT2D eigenvalue weighted by molar-refractivity contribution is 5.86. The van der Waals surface area contributed by atoms with E-state index >= 15 is 0 Å². The molecule has 2 N–H and O–H groups in total. The molecule has 0 bridgehead atoms. The monoisotopic (exact) mass is 352 g/mol. The van der Waals surface area contributed by atoms with Crippen molar-refractivity contribution in [1.82, 2.24) is 19.7 Å². The lowest BCUT2D eigenvalue weighted by Gasteiger charge is -2.39. The summed E-state index contributed by atoms with van der Waals surface area (Å²) in [4.78, 5) is 24.3. The first-order valence-corrected chi connectivity index (χ1v) is 9.08. The fourth-order valence-corrected chi connectivity index (χ4v) is 4.06. The zero-order chi connectivity index (χ0) is 18.2. The number of aliphatic hydroxyl groups excluding tert-OH is 1. The minimum Gasteiger partial charge on any atom is -0.393 e. The summed E-state index contributed by atoms with van der Waals surface area (Å²) in [6.07, 6.45) is 3.29. The Morgan fingerprint density at radius 1 is 1.40 bits per heavy atom. The van der Waals surface area contributed by atoms with E-state index < -0.39 is 11.7 Å². The molecule has 1 amide bonds. The summed E-state index contributed by atoms with van der Waals surface area (Å²) >= 11 is 0. The van der Waals surface area contributed by atoms with Crippen molar-refractivity contribution in [2.45, 2.75) is 56.7 Å². The van der Waals surface area contributed by atoms with Gasteiger partial charge in [0, 0.05) is 39.1 Å². The summed E-state index contributed by atoms with van der Waals surface area (Å²) in [5.74, 6) is 0.622. The van der Waals surface area contributed by atoms with Crippen LogP contribution >= 0.6 is 0 Å². The Hall–Kier alpha value is -1.67. The van der Waals surface area contributed by atoms with E-state index in [9.17, 15) is 14.7 Å². The van der Waals surface area contributed by atoms with Crippen molar-refractivity contribution in [2.24, 2.45) is 20.0 Å². The van der Waals surface area contributed by atoms with Crippen LogP contribution in [0.2, 0.25) is 0 Å². The van der Waals surface area contributed by atoms with Gasteiger partial charge in [0.05, 0.1) is 6.10 Å². The summed E-state index contributed by atoms with van der Waals surface area (Å²) in [5, 5.41) is 17.6. The number of carbonyl (C=O) groups is 1. The fraction of sp³-hybridized carbons (Fsp3) is 0.824. The molecule has 0 radical (unpaired) electrons. The Balaban J connectivity index is 1.60. The molecule has 1 heterocycles. The van der Waals surface area contributed by atoms with Crippen molar-refractivity contribution in [3.8, 4) is 0 Å². The van der Waals surface area contributed by atoms with Crippen molar-refractivity contribution in [1.29, 1.82) is 0 Å². The van der Waals surface area contributed by atoms with E-state index in [1.807, 2.05) is 6.92 Å². The molecule has 2 aliphatic rings. The minimum atomic E-state index is -0.664. The standard InChI is InChI=1S/C17H28N4O4/c1-4-25-17(6-5-7-17)15(23)18-10-12-8-11(9-13(12)22)14-19-21(3)16(24)20(14)2/h11-13,22H,4-10H2,1-3H3,(H,18,23)/t11-,12+,13+/m0/s1. The van der Waals surface area contributed by atoms with Crippen molar-refractivity contribution < 1.29 is 14.6 Å². The van der Waals surface area contributed by atoms with Crippen LogP contribution in [-0.2, 0) is 23.6 Å². The highest BCUT2D eigenvalue weighted by Crippen LogP contribution is 2.38. The van der Waals surface area contributed by atoms with Crippen molar-refractivity contribution in [3.05, 3.63) is 16.3 Å². The predicted molar refractivity (Wildman–Crippen MR) is 91.1 cm³/mol. The summed E-state index contributed by atoms with van der Waals surface area (Å²) in [6.45, 7) is 2.84. The van der Waals surface area contributed by atoms with E-state index in [4.69, 9.17) is 4.74 Å². The molecule has 0 unspecified atom stereocenters. The van der Waals surface area contributed by atoms with Gasteiger partial charge in [-0.2, -0.15) is 5.10 Å². The van der Waals surface area contributed by atoms with Crippen LogP contribution in [0.1, 0.15) is 50.8 Å². The Bertz CT molecular complexity index is 691. The lowest BCUT2D eigenvalue weighted by Crippen LogP contribution is -2.54. The van der Waals surface area contributed by atoms with E-state index in [-0.39, 0.29) is 23.4 Å². The maximum absolute atomic E-state index is 12.5.